The fourth-order valence-corrected chi connectivity index (χ4v) is 7.61. The predicted molar refractivity (Wildman–Crippen MR) is 144 cm³/mol. The number of sulfonamides is 1. The molecule has 0 spiro atoms. The molecular weight excluding hydrogens is 488 g/mol. The molecule has 1 aromatic rings. The molecule has 0 radical (unpaired) electrons. The summed E-state index contributed by atoms with van der Waals surface area (Å²) in [4.78, 5) is 28.6. The normalized spacial score (nSPS) is 28.0. The van der Waals surface area contributed by atoms with Gasteiger partial charge in [-0.15, -0.1) is 0 Å². The molecule has 2 N–H and O–H groups in total. The quantitative estimate of drug-likeness (QED) is 0.586. The average Bonchev–Trinajstić information content (AvgIpc) is 2.81. The van der Waals surface area contributed by atoms with E-state index in [9.17, 15) is 18.0 Å². The molecule has 2 fully saturated rings. The van der Waals surface area contributed by atoms with E-state index in [0.29, 0.717) is 11.5 Å². The van der Waals surface area contributed by atoms with Crippen molar-refractivity contribution in [2.24, 2.45) is 10.8 Å². The monoisotopic (exact) mass is 530 g/mol. The number of hydrogen-bond acceptors (Lipinski definition) is 5. The van der Waals surface area contributed by atoms with Crippen LogP contribution >= 0.6 is 0 Å². The average molecular weight is 531 g/mol. The molecule has 1 aliphatic carbocycles. The first-order valence-corrected chi connectivity index (χ1v) is 14.8. The van der Waals surface area contributed by atoms with Crippen LogP contribution in [0.25, 0.3) is 0 Å². The van der Waals surface area contributed by atoms with E-state index in [1.54, 1.807) is 12.1 Å². The van der Waals surface area contributed by atoms with Crippen molar-refractivity contribution >= 4 is 21.8 Å². The van der Waals surface area contributed by atoms with Gasteiger partial charge in [0.2, 0.25) is 11.8 Å². The summed E-state index contributed by atoms with van der Waals surface area (Å²) in [7, 11) is -3.99. The highest BCUT2D eigenvalue weighted by Gasteiger charge is 2.42. The minimum absolute atomic E-state index is 0.0293. The van der Waals surface area contributed by atoms with Crippen LogP contribution in [0.1, 0.15) is 71.8 Å². The lowest BCUT2D eigenvalue weighted by atomic mass is 9.70. The van der Waals surface area contributed by atoms with E-state index in [0.717, 1.165) is 42.2 Å². The maximum atomic E-state index is 13.3. The first-order valence-electron chi connectivity index (χ1n) is 13.4. The zero-order valence-electron chi connectivity index (χ0n) is 22.8. The molecule has 2 aliphatic heterocycles. The number of benzene rings is 1. The molecule has 3 atom stereocenters. The summed E-state index contributed by atoms with van der Waals surface area (Å²) in [5, 5.41) is 5.71. The van der Waals surface area contributed by atoms with Crippen LogP contribution < -0.4 is 10.6 Å². The maximum Gasteiger partial charge on any atom is 0.264 e. The standard InChI is InChI=1S/C28H42N4O4S/c1-20-7-10-22(11-8-20)37(35,36)32-16-14-29-26(34)23(32)17-25(33)30-24-12-9-21(18-28(24,4)5)31-15-6-13-27(2,3)19-31/h7-8,10-11,14,16,21,23-24H,6,9,12-13,15,17-19H2,1-5H3,(H,29,34)(H,30,33)/t21-,23+,24+/m0/s1. The number of hydrogen-bond donors (Lipinski definition) is 2. The second-order valence-electron chi connectivity index (χ2n) is 12.5. The first-order chi connectivity index (χ1) is 17.3. The van der Waals surface area contributed by atoms with E-state index in [1.807, 2.05) is 6.92 Å². The van der Waals surface area contributed by atoms with Gasteiger partial charge in [0.05, 0.1) is 11.3 Å². The lowest BCUT2D eigenvalue weighted by molar-refractivity contribution is -0.130. The summed E-state index contributed by atoms with van der Waals surface area (Å²) in [6.07, 6.45) is 7.75. The van der Waals surface area contributed by atoms with Gasteiger partial charge in [-0.2, -0.15) is 0 Å². The fraction of sp³-hybridized carbons (Fsp3) is 0.643. The third-order valence-electron chi connectivity index (χ3n) is 8.31. The smallest absolute Gasteiger partial charge is 0.264 e. The molecule has 204 valence electrons. The lowest BCUT2D eigenvalue weighted by Crippen LogP contribution is -2.56. The molecule has 1 saturated heterocycles. The van der Waals surface area contributed by atoms with Gasteiger partial charge in [-0.05, 0) is 68.5 Å². The molecule has 8 nitrogen and oxygen atoms in total. The Morgan fingerprint density at radius 3 is 2.49 bits per heavy atom. The van der Waals surface area contributed by atoms with Gasteiger partial charge in [0.15, 0.2) is 0 Å². The Labute approximate surface area is 221 Å². The van der Waals surface area contributed by atoms with Gasteiger partial charge in [-0.3, -0.25) is 18.8 Å². The van der Waals surface area contributed by atoms with Gasteiger partial charge in [0.25, 0.3) is 10.0 Å². The molecule has 1 saturated carbocycles. The van der Waals surface area contributed by atoms with E-state index >= 15 is 0 Å². The largest absolute Gasteiger partial charge is 0.353 e. The lowest BCUT2D eigenvalue weighted by Gasteiger charge is -2.49. The highest BCUT2D eigenvalue weighted by molar-refractivity contribution is 7.89. The Hall–Kier alpha value is -2.39. The van der Waals surface area contributed by atoms with Gasteiger partial charge in [0.1, 0.15) is 6.04 Å². The van der Waals surface area contributed by atoms with E-state index < -0.39 is 22.0 Å². The number of nitrogens with zero attached hydrogens (tertiary/aromatic N) is 2. The number of carbonyl (C=O) groups excluding carboxylic acids is 2. The third-order valence-corrected chi connectivity index (χ3v) is 10.1. The summed E-state index contributed by atoms with van der Waals surface area (Å²) in [5.41, 5.74) is 1.17. The van der Waals surface area contributed by atoms with Gasteiger partial charge in [-0.1, -0.05) is 45.4 Å². The van der Waals surface area contributed by atoms with Crippen molar-refractivity contribution in [3.8, 4) is 0 Å². The van der Waals surface area contributed by atoms with Crippen molar-refractivity contribution < 1.29 is 18.0 Å². The number of likely N-dealkylation sites (tertiary alicyclic amines) is 1. The highest BCUT2D eigenvalue weighted by atomic mass is 32.2. The van der Waals surface area contributed by atoms with Crippen molar-refractivity contribution in [3.63, 3.8) is 0 Å². The Balaban J connectivity index is 1.42. The van der Waals surface area contributed by atoms with Gasteiger partial charge >= 0.3 is 0 Å². The van der Waals surface area contributed by atoms with Crippen LogP contribution in [0.4, 0.5) is 0 Å². The van der Waals surface area contributed by atoms with Crippen LogP contribution in [0.2, 0.25) is 0 Å². The summed E-state index contributed by atoms with van der Waals surface area (Å²) in [6.45, 7) is 13.2. The van der Waals surface area contributed by atoms with Gasteiger partial charge in [0, 0.05) is 31.0 Å². The first kappa shape index (κ1) is 27.6. The molecular formula is C28H42N4O4S. The van der Waals surface area contributed by atoms with Crippen molar-refractivity contribution in [1.82, 2.24) is 19.8 Å². The van der Waals surface area contributed by atoms with Crippen LogP contribution in [0.5, 0.6) is 0 Å². The van der Waals surface area contributed by atoms with Crippen LogP contribution in [0.15, 0.2) is 41.6 Å². The summed E-state index contributed by atoms with van der Waals surface area (Å²) in [6, 6.07) is 5.80. The van der Waals surface area contributed by atoms with E-state index in [-0.39, 0.29) is 28.7 Å². The zero-order valence-corrected chi connectivity index (χ0v) is 23.6. The summed E-state index contributed by atoms with van der Waals surface area (Å²) >= 11 is 0. The van der Waals surface area contributed by atoms with Crippen LogP contribution in [-0.2, 0) is 19.6 Å². The van der Waals surface area contributed by atoms with E-state index in [2.05, 4.69) is 43.2 Å². The molecule has 2 amide bonds. The maximum absolute atomic E-state index is 13.3. The molecule has 4 rings (SSSR count). The molecule has 2 heterocycles. The van der Waals surface area contributed by atoms with Crippen molar-refractivity contribution in [3.05, 3.63) is 42.2 Å². The van der Waals surface area contributed by atoms with Crippen LogP contribution in [0, 0.1) is 17.8 Å². The molecule has 0 unspecified atom stereocenters. The SMILES string of the molecule is Cc1ccc(S(=O)(=O)N2C=CNC(=O)[C@H]2CC(=O)N[C@@H]2CC[C@H](N3CCCC(C)(C)C3)CC2(C)C)cc1. The predicted octanol–water partition coefficient (Wildman–Crippen LogP) is 3.53. The van der Waals surface area contributed by atoms with Crippen LogP contribution in [-0.4, -0.2) is 60.7 Å². The molecule has 37 heavy (non-hydrogen) atoms. The van der Waals surface area contributed by atoms with Crippen molar-refractivity contribution in [2.45, 2.75) is 96.2 Å². The van der Waals surface area contributed by atoms with E-state index in [4.69, 9.17) is 0 Å². The zero-order chi connectivity index (χ0) is 27.0. The Morgan fingerprint density at radius 2 is 1.84 bits per heavy atom. The minimum Gasteiger partial charge on any atom is -0.353 e. The molecule has 9 heteroatoms. The van der Waals surface area contributed by atoms with Gasteiger partial charge in [-0.25, -0.2) is 8.42 Å². The topological polar surface area (TPSA) is 98.8 Å². The second-order valence-corrected chi connectivity index (χ2v) is 14.3. The Bertz CT molecular complexity index is 1140. The number of amides is 2. The molecule has 3 aliphatic rings. The second kappa shape index (κ2) is 10.4. The highest BCUT2D eigenvalue weighted by Crippen LogP contribution is 2.40. The Kier molecular flexibility index (Phi) is 7.77. The van der Waals surface area contributed by atoms with Crippen molar-refractivity contribution in [1.29, 1.82) is 0 Å². The summed E-state index contributed by atoms with van der Waals surface area (Å²) in [5.74, 6) is -0.820. The minimum atomic E-state index is -3.99. The van der Waals surface area contributed by atoms with Crippen molar-refractivity contribution in [2.75, 3.05) is 13.1 Å². The number of rotatable bonds is 6. The number of aryl methyl sites for hydroxylation is 1. The Morgan fingerprint density at radius 1 is 1.14 bits per heavy atom. The third kappa shape index (κ3) is 6.20. The van der Waals surface area contributed by atoms with E-state index in [1.165, 1.54) is 37.4 Å². The molecule has 0 bridgehead atoms. The number of carbonyl (C=O) groups is 2. The number of piperidine rings is 1. The fourth-order valence-electron chi connectivity index (χ4n) is 6.16. The molecule has 0 aromatic heterocycles. The van der Waals surface area contributed by atoms with Gasteiger partial charge < -0.3 is 10.6 Å². The van der Waals surface area contributed by atoms with Crippen LogP contribution in [0.3, 0.4) is 0 Å². The molecule has 1 aromatic carbocycles. The summed E-state index contributed by atoms with van der Waals surface area (Å²) < 4.78 is 27.6. The number of nitrogens with one attached hydrogen (secondary N) is 2.